The third-order valence-corrected chi connectivity index (χ3v) is 6.58. The van der Waals surface area contributed by atoms with Crippen LogP contribution in [0.4, 0.5) is 5.69 Å². The molecule has 2 fully saturated rings. The molecule has 0 bridgehead atoms. The predicted octanol–water partition coefficient (Wildman–Crippen LogP) is 1.98. The zero-order valence-electron chi connectivity index (χ0n) is 16.5. The number of aromatic amines is 1. The van der Waals surface area contributed by atoms with Crippen LogP contribution in [0.15, 0.2) is 18.6 Å². The van der Waals surface area contributed by atoms with E-state index in [-0.39, 0.29) is 17.4 Å². The number of ether oxygens (including phenoxy) is 1. The molecule has 1 spiro atoms. The molecule has 8 heteroatoms. The lowest BCUT2D eigenvalue weighted by atomic mass is 9.78. The number of nitriles is 1. The van der Waals surface area contributed by atoms with Crippen LogP contribution in [0.2, 0.25) is 0 Å². The summed E-state index contributed by atoms with van der Waals surface area (Å²) < 4.78 is 5.27. The zero-order chi connectivity index (χ0) is 20.0. The molecule has 0 atom stereocenters. The SMILES string of the molecule is COc1nccc(N2CCC3(CC2)c2nc[nH]c2CCN3C(=O)C2CC2)c1C#N. The fraction of sp³-hybridized carbons (Fsp3) is 0.524. The number of amides is 1. The van der Waals surface area contributed by atoms with Crippen LogP contribution in [-0.2, 0) is 16.8 Å². The second-order valence-electron chi connectivity index (χ2n) is 8.09. The molecule has 1 amide bonds. The van der Waals surface area contributed by atoms with Gasteiger partial charge in [-0.3, -0.25) is 4.79 Å². The monoisotopic (exact) mass is 392 g/mol. The Morgan fingerprint density at radius 3 is 2.79 bits per heavy atom. The number of hydrogen-bond donors (Lipinski definition) is 1. The van der Waals surface area contributed by atoms with Gasteiger partial charge in [-0.1, -0.05) is 0 Å². The summed E-state index contributed by atoms with van der Waals surface area (Å²) in [6.07, 6.45) is 7.86. The summed E-state index contributed by atoms with van der Waals surface area (Å²) in [6.45, 7) is 2.22. The average Bonchev–Trinajstić information content (AvgIpc) is 3.50. The van der Waals surface area contributed by atoms with Crippen molar-refractivity contribution in [2.24, 2.45) is 5.92 Å². The quantitative estimate of drug-likeness (QED) is 0.858. The molecule has 1 saturated carbocycles. The smallest absolute Gasteiger partial charge is 0.233 e. The van der Waals surface area contributed by atoms with Crippen molar-refractivity contribution in [2.75, 3.05) is 31.6 Å². The average molecular weight is 392 g/mol. The number of carbonyl (C=O) groups is 1. The van der Waals surface area contributed by atoms with E-state index in [2.05, 4.69) is 30.8 Å². The van der Waals surface area contributed by atoms with Crippen LogP contribution in [0.5, 0.6) is 5.88 Å². The lowest BCUT2D eigenvalue weighted by Gasteiger charge is -2.51. The molecule has 29 heavy (non-hydrogen) atoms. The van der Waals surface area contributed by atoms with Gasteiger partial charge in [0.15, 0.2) is 0 Å². The number of pyridine rings is 1. The highest BCUT2D eigenvalue weighted by molar-refractivity contribution is 5.82. The molecule has 1 saturated heterocycles. The van der Waals surface area contributed by atoms with Gasteiger partial charge >= 0.3 is 0 Å². The van der Waals surface area contributed by atoms with Crippen LogP contribution in [0.1, 0.15) is 42.6 Å². The van der Waals surface area contributed by atoms with Crippen molar-refractivity contribution >= 4 is 11.6 Å². The van der Waals surface area contributed by atoms with Crippen molar-refractivity contribution in [1.29, 1.82) is 5.26 Å². The highest BCUT2D eigenvalue weighted by atomic mass is 16.5. The maximum absolute atomic E-state index is 13.1. The van der Waals surface area contributed by atoms with E-state index < -0.39 is 0 Å². The van der Waals surface area contributed by atoms with Crippen molar-refractivity contribution in [3.63, 3.8) is 0 Å². The number of anilines is 1. The second kappa shape index (κ2) is 6.76. The van der Waals surface area contributed by atoms with Crippen molar-refractivity contribution in [3.05, 3.63) is 35.5 Å². The van der Waals surface area contributed by atoms with Gasteiger partial charge in [0.1, 0.15) is 11.6 Å². The van der Waals surface area contributed by atoms with Crippen LogP contribution >= 0.6 is 0 Å². The molecule has 8 nitrogen and oxygen atoms in total. The van der Waals surface area contributed by atoms with Crippen LogP contribution in [0.25, 0.3) is 0 Å². The molecule has 2 aliphatic heterocycles. The van der Waals surface area contributed by atoms with Gasteiger partial charge in [-0.25, -0.2) is 9.97 Å². The number of nitrogens with zero attached hydrogens (tertiary/aromatic N) is 5. The number of nitrogens with one attached hydrogen (secondary N) is 1. The molecular weight excluding hydrogens is 368 g/mol. The molecule has 3 aliphatic rings. The number of hydrogen-bond acceptors (Lipinski definition) is 6. The summed E-state index contributed by atoms with van der Waals surface area (Å²) >= 11 is 0. The number of fused-ring (bicyclic) bond motifs is 2. The predicted molar refractivity (Wildman–Crippen MR) is 105 cm³/mol. The van der Waals surface area contributed by atoms with Crippen molar-refractivity contribution in [1.82, 2.24) is 19.9 Å². The number of H-pyrrole nitrogens is 1. The molecule has 5 rings (SSSR count). The Balaban J connectivity index is 1.46. The highest BCUT2D eigenvalue weighted by Crippen LogP contribution is 2.46. The van der Waals surface area contributed by atoms with Gasteiger partial charge in [0, 0.05) is 43.9 Å². The molecule has 0 unspecified atom stereocenters. The lowest BCUT2D eigenvalue weighted by molar-refractivity contribution is -0.142. The first-order chi connectivity index (χ1) is 14.2. The number of piperidine rings is 1. The van der Waals surface area contributed by atoms with Crippen molar-refractivity contribution in [2.45, 2.75) is 37.6 Å². The lowest BCUT2D eigenvalue weighted by Crippen LogP contribution is -2.58. The van der Waals surface area contributed by atoms with E-state index in [0.717, 1.165) is 68.8 Å². The summed E-state index contributed by atoms with van der Waals surface area (Å²) in [5.74, 6) is 0.832. The first-order valence-electron chi connectivity index (χ1n) is 10.2. The first kappa shape index (κ1) is 18.0. The molecular formula is C21H24N6O2. The van der Waals surface area contributed by atoms with E-state index in [0.29, 0.717) is 11.4 Å². The molecule has 2 aromatic rings. The van der Waals surface area contributed by atoms with E-state index in [1.54, 1.807) is 12.5 Å². The number of rotatable bonds is 3. The number of methoxy groups -OCH3 is 1. The van der Waals surface area contributed by atoms with Crippen molar-refractivity contribution < 1.29 is 9.53 Å². The normalized spacial score (nSPS) is 20.3. The van der Waals surface area contributed by atoms with Crippen LogP contribution < -0.4 is 9.64 Å². The van der Waals surface area contributed by atoms with Crippen LogP contribution in [0, 0.1) is 17.2 Å². The van der Waals surface area contributed by atoms with E-state index in [1.165, 1.54) is 7.11 Å². The Morgan fingerprint density at radius 2 is 2.10 bits per heavy atom. The summed E-state index contributed by atoms with van der Waals surface area (Å²) in [7, 11) is 1.53. The minimum atomic E-state index is -0.353. The van der Waals surface area contributed by atoms with E-state index in [9.17, 15) is 10.1 Å². The van der Waals surface area contributed by atoms with E-state index in [1.807, 2.05) is 6.07 Å². The van der Waals surface area contributed by atoms with Gasteiger partial charge in [-0.15, -0.1) is 0 Å². The van der Waals surface area contributed by atoms with Gasteiger partial charge in [0.2, 0.25) is 11.8 Å². The summed E-state index contributed by atoms with van der Waals surface area (Å²) in [4.78, 5) is 29.5. The second-order valence-corrected chi connectivity index (χ2v) is 8.09. The Hall–Kier alpha value is -3.08. The molecule has 2 aromatic heterocycles. The third kappa shape index (κ3) is 2.76. The van der Waals surface area contributed by atoms with E-state index >= 15 is 0 Å². The van der Waals surface area contributed by atoms with Gasteiger partial charge in [0.05, 0.1) is 30.4 Å². The van der Waals surface area contributed by atoms with Gasteiger partial charge in [-0.2, -0.15) is 5.26 Å². The fourth-order valence-electron chi connectivity index (χ4n) is 4.93. The maximum atomic E-state index is 13.1. The molecule has 150 valence electrons. The first-order valence-corrected chi connectivity index (χ1v) is 10.2. The summed E-state index contributed by atoms with van der Waals surface area (Å²) in [6, 6.07) is 4.10. The van der Waals surface area contributed by atoms with Gasteiger partial charge in [-0.05, 0) is 31.7 Å². The molecule has 0 radical (unpaired) electrons. The summed E-state index contributed by atoms with van der Waals surface area (Å²) in [5.41, 5.74) is 3.13. The zero-order valence-corrected chi connectivity index (χ0v) is 16.5. The minimum absolute atomic E-state index is 0.194. The van der Waals surface area contributed by atoms with Gasteiger partial charge < -0.3 is 19.5 Å². The number of carbonyl (C=O) groups excluding carboxylic acids is 1. The minimum Gasteiger partial charge on any atom is -0.480 e. The van der Waals surface area contributed by atoms with E-state index in [4.69, 9.17) is 4.74 Å². The standard InChI is InChI=1S/C21H24N6O2/c1-29-19-15(12-22)17(4-8-23-19)26-10-6-21(7-11-26)18-16(24-13-25-18)5-9-27(21)20(28)14-2-3-14/h4,8,13-14H,2-3,5-7,9-11H2,1H3,(H,24,25). The molecule has 1 N–H and O–H groups in total. The Labute approximate surface area is 169 Å². The number of imidazole rings is 1. The highest BCUT2D eigenvalue weighted by Gasteiger charge is 2.51. The third-order valence-electron chi connectivity index (χ3n) is 6.58. The Kier molecular flexibility index (Phi) is 4.19. The van der Waals surface area contributed by atoms with Crippen molar-refractivity contribution in [3.8, 4) is 11.9 Å². The Morgan fingerprint density at radius 1 is 1.31 bits per heavy atom. The van der Waals surface area contributed by atoms with Crippen LogP contribution in [-0.4, -0.2) is 52.5 Å². The van der Waals surface area contributed by atoms with Crippen LogP contribution in [0.3, 0.4) is 0 Å². The largest absolute Gasteiger partial charge is 0.480 e. The fourth-order valence-corrected chi connectivity index (χ4v) is 4.93. The van der Waals surface area contributed by atoms with Gasteiger partial charge in [0.25, 0.3) is 0 Å². The maximum Gasteiger partial charge on any atom is 0.233 e. The molecule has 0 aromatic carbocycles. The Bertz CT molecular complexity index is 981. The molecule has 1 aliphatic carbocycles. The number of aromatic nitrogens is 3. The molecule has 4 heterocycles. The topological polar surface area (TPSA) is 98.1 Å². The summed E-state index contributed by atoms with van der Waals surface area (Å²) in [5, 5.41) is 9.62.